The fraction of sp³-hybridized carbons (Fsp3) is 0.300. The number of methoxy groups -OCH3 is 2. The van der Waals surface area contributed by atoms with Gasteiger partial charge in [-0.15, -0.1) is 0 Å². The second-order valence-corrected chi connectivity index (χ2v) is 6.73. The van der Waals surface area contributed by atoms with Crippen LogP contribution in [0.3, 0.4) is 0 Å². The van der Waals surface area contributed by atoms with Gasteiger partial charge in [-0.25, -0.2) is 0 Å². The van der Waals surface area contributed by atoms with Crippen molar-refractivity contribution in [1.82, 2.24) is 0 Å². The number of para-hydroxylation sites is 1. The molecule has 2 amide bonds. The summed E-state index contributed by atoms with van der Waals surface area (Å²) in [7, 11) is 3.01. The number of nitrogens with one attached hydrogen (secondary N) is 2. The molecule has 0 fully saturated rings. The maximum Gasteiger partial charge on any atom is 0.227 e. The molecule has 0 saturated carbocycles. The first kappa shape index (κ1) is 19.0. The molecule has 1 heterocycles. The molecule has 0 unspecified atom stereocenters. The highest BCUT2D eigenvalue weighted by atomic mass is 35.5. The normalized spacial score (nSPS) is 15.5. The van der Waals surface area contributed by atoms with Crippen LogP contribution in [-0.4, -0.2) is 26.0 Å². The molecule has 1 atom stereocenters. The molecule has 0 aliphatic carbocycles. The monoisotopic (exact) mass is 388 g/mol. The van der Waals surface area contributed by atoms with Gasteiger partial charge in [0.2, 0.25) is 11.8 Å². The van der Waals surface area contributed by atoms with E-state index in [1.54, 1.807) is 12.1 Å². The molecule has 2 aromatic carbocycles. The van der Waals surface area contributed by atoms with Gasteiger partial charge in [-0.05, 0) is 30.5 Å². The smallest absolute Gasteiger partial charge is 0.227 e. The Morgan fingerprint density at radius 1 is 1.22 bits per heavy atom. The molecule has 0 bridgehead atoms. The fourth-order valence-electron chi connectivity index (χ4n) is 3.12. The van der Waals surface area contributed by atoms with E-state index >= 15 is 0 Å². The Labute approximate surface area is 162 Å². The summed E-state index contributed by atoms with van der Waals surface area (Å²) in [6.07, 6.45) is 1.30. The third-order valence-electron chi connectivity index (χ3n) is 4.58. The third kappa shape index (κ3) is 4.34. The van der Waals surface area contributed by atoms with E-state index in [0.717, 1.165) is 11.3 Å². The Kier molecular flexibility index (Phi) is 5.86. The standard InChI is InChI=1S/C20H21ClN2O4/c1-26-17-11-18(27-2)16(10-14(17)21)22-19(24)8-7-13-9-12-5-3-4-6-15(12)23-20(13)25/h3-6,10-11,13H,7-9H2,1-2H3,(H,22,24)(H,23,25)/t13-/m0/s1. The third-order valence-corrected chi connectivity index (χ3v) is 4.88. The molecular weight excluding hydrogens is 368 g/mol. The summed E-state index contributed by atoms with van der Waals surface area (Å²) >= 11 is 6.12. The van der Waals surface area contributed by atoms with Crippen LogP contribution in [0.2, 0.25) is 5.02 Å². The van der Waals surface area contributed by atoms with Crippen LogP contribution < -0.4 is 20.1 Å². The Morgan fingerprint density at radius 2 is 1.96 bits per heavy atom. The van der Waals surface area contributed by atoms with Gasteiger partial charge in [-0.3, -0.25) is 9.59 Å². The van der Waals surface area contributed by atoms with Crippen LogP contribution in [0.5, 0.6) is 11.5 Å². The van der Waals surface area contributed by atoms with Crippen LogP contribution in [0.1, 0.15) is 18.4 Å². The number of benzene rings is 2. The molecular formula is C20H21ClN2O4. The number of hydrogen-bond donors (Lipinski definition) is 2. The van der Waals surface area contributed by atoms with Gasteiger partial charge in [0.05, 0.1) is 24.9 Å². The maximum absolute atomic E-state index is 12.4. The molecule has 3 rings (SSSR count). The molecule has 0 aromatic heterocycles. The van der Waals surface area contributed by atoms with E-state index in [2.05, 4.69) is 10.6 Å². The molecule has 27 heavy (non-hydrogen) atoms. The van der Waals surface area contributed by atoms with Gasteiger partial charge in [0.1, 0.15) is 11.5 Å². The summed E-state index contributed by atoms with van der Waals surface area (Å²) in [6, 6.07) is 10.9. The van der Waals surface area contributed by atoms with Crippen molar-refractivity contribution < 1.29 is 19.1 Å². The van der Waals surface area contributed by atoms with E-state index in [1.165, 1.54) is 14.2 Å². The molecule has 1 aliphatic heterocycles. The molecule has 6 nitrogen and oxygen atoms in total. The summed E-state index contributed by atoms with van der Waals surface area (Å²) in [5, 5.41) is 6.06. The lowest BCUT2D eigenvalue weighted by molar-refractivity contribution is -0.121. The first-order chi connectivity index (χ1) is 13.0. The number of carbonyl (C=O) groups excluding carboxylic acids is 2. The van der Waals surface area contributed by atoms with E-state index in [0.29, 0.717) is 35.1 Å². The lowest BCUT2D eigenvalue weighted by atomic mass is 9.89. The minimum absolute atomic E-state index is 0.0495. The lowest BCUT2D eigenvalue weighted by Crippen LogP contribution is -2.30. The van der Waals surface area contributed by atoms with Crippen molar-refractivity contribution in [3.63, 3.8) is 0 Å². The van der Waals surface area contributed by atoms with E-state index in [4.69, 9.17) is 21.1 Å². The van der Waals surface area contributed by atoms with Gasteiger partial charge >= 0.3 is 0 Å². The average molecular weight is 389 g/mol. The molecule has 7 heteroatoms. The molecule has 2 N–H and O–H groups in total. The van der Waals surface area contributed by atoms with Gasteiger partial charge in [0.25, 0.3) is 0 Å². The highest BCUT2D eigenvalue weighted by Gasteiger charge is 2.26. The largest absolute Gasteiger partial charge is 0.495 e. The van der Waals surface area contributed by atoms with Crippen LogP contribution in [0.15, 0.2) is 36.4 Å². The zero-order chi connectivity index (χ0) is 19.4. The fourth-order valence-corrected chi connectivity index (χ4v) is 3.36. The van der Waals surface area contributed by atoms with Crippen LogP contribution in [0, 0.1) is 5.92 Å². The topological polar surface area (TPSA) is 76.7 Å². The van der Waals surface area contributed by atoms with E-state index < -0.39 is 0 Å². The molecule has 0 radical (unpaired) electrons. The highest BCUT2D eigenvalue weighted by molar-refractivity contribution is 6.32. The SMILES string of the molecule is COc1cc(OC)c(NC(=O)CC[C@H]2Cc3ccccc3NC2=O)cc1Cl. The number of fused-ring (bicyclic) bond motifs is 1. The second kappa shape index (κ2) is 8.31. The zero-order valence-corrected chi connectivity index (χ0v) is 15.9. The number of carbonyl (C=O) groups is 2. The summed E-state index contributed by atoms with van der Waals surface area (Å²) in [4.78, 5) is 24.6. The molecule has 2 aromatic rings. The highest BCUT2D eigenvalue weighted by Crippen LogP contribution is 2.36. The minimum atomic E-state index is -0.230. The van der Waals surface area contributed by atoms with E-state index in [-0.39, 0.29) is 24.2 Å². The predicted molar refractivity (Wildman–Crippen MR) is 105 cm³/mol. The lowest BCUT2D eigenvalue weighted by Gasteiger charge is -2.24. The summed E-state index contributed by atoms with van der Waals surface area (Å²) in [5.41, 5.74) is 2.40. The minimum Gasteiger partial charge on any atom is -0.495 e. The number of ether oxygens (including phenoxy) is 2. The van der Waals surface area contributed by atoms with Crippen molar-refractivity contribution in [2.75, 3.05) is 24.9 Å². The summed E-state index contributed by atoms with van der Waals surface area (Å²) in [5.74, 6) is 0.428. The Hall–Kier alpha value is -2.73. The van der Waals surface area contributed by atoms with Gasteiger partial charge in [-0.1, -0.05) is 29.8 Å². The van der Waals surface area contributed by atoms with Crippen LogP contribution in [0.4, 0.5) is 11.4 Å². The van der Waals surface area contributed by atoms with Crippen LogP contribution >= 0.6 is 11.6 Å². The number of rotatable bonds is 6. The Morgan fingerprint density at radius 3 is 2.70 bits per heavy atom. The van der Waals surface area contributed by atoms with Gasteiger partial charge < -0.3 is 20.1 Å². The Bertz CT molecular complexity index is 869. The van der Waals surface area contributed by atoms with Gasteiger partial charge in [-0.2, -0.15) is 0 Å². The summed E-state index contributed by atoms with van der Waals surface area (Å²) < 4.78 is 10.4. The van der Waals surface area contributed by atoms with E-state index in [1.807, 2.05) is 24.3 Å². The first-order valence-electron chi connectivity index (χ1n) is 8.62. The van der Waals surface area contributed by atoms with Crippen molar-refractivity contribution in [3.05, 3.63) is 47.0 Å². The van der Waals surface area contributed by atoms with Crippen molar-refractivity contribution in [2.24, 2.45) is 5.92 Å². The van der Waals surface area contributed by atoms with Gasteiger partial charge in [0, 0.05) is 24.1 Å². The first-order valence-corrected chi connectivity index (χ1v) is 8.99. The molecule has 142 valence electrons. The van der Waals surface area contributed by atoms with Crippen molar-refractivity contribution >= 4 is 34.8 Å². The number of hydrogen-bond acceptors (Lipinski definition) is 4. The molecule has 0 saturated heterocycles. The van der Waals surface area contributed by atoms with Crippen molar-refractivity contribution in [2.45, 2.75) is 19.3 Å². The zero-order valence-electron chi connectivity index (χ0n) is 15.2. The predicted octanol–water partition coefficient (Wildman–Crippen LogP) is 3.89. The summed E-state index contributed by atoms with van der Waals surface area (Å²) in [6.45, 7) is 0. The number of halogens is 1. The van der Waals surface area contributed by atoms with Crippen molar-refractivity contribution in [1.29, 1.82) is 0 Å². The number of amides is 2. The van der Waals surface area contributed by atoms with Gasteiger partial charge in [0.15, 0.2) is 0 Å². The maximum atomic E-state index is 12.4. The van der Waals surface area contributed by atoms with Crippen LogP contribution in [-0.2, 0) is 16.0 Å². The van der Waals surface area contributed by atoms with Crippen molar-refractivity contribution in [3.8, 4) is 11.5 Å². The molecule has 0 spiro atoms. The van der Waals surface area contributed by atoms with E-state index in [9.17, 15) is 9.59 Å². The molecule has 1 aliphatic rings. The Balaban J connectivity index is 1.62. The average Bonchev–Trinajstić information content (AvgIpc) is 2.66. The van der Waals surface area contributed by atoms with Crippen LogP contribution in [0.25, 0.3) is 0 Å². The second-order valence-electron chi connectivity index (χ2n) is 6.32. The quantitative estimate of drug-likeness (QED) is 0.787. The number of anilines is 2.